The van der Waals surface area contributed by atoms with Crippen molar-refractivity contribution in [3.8, 4) is 0 Å². The first-order chi connectivity index (χ1) is 22.2. The summed E-state index contributed by atoms with van der Waals surface area (Å²) in [5.41, 5.74) is 1.76. The summed E-state index contributed by atoms with van der Waals surface area (Å²) in [6, 6.07) is 28.8. The van der Waals surface area contributed by atoms with E-state index in [1.165, 1.54) is 29.2 Å². The largest absolute Gasteiger partial charge is 0.352 e. The third-order valence-electron chi connectivity index (χ3n) is 8.21. The van der Waals surface area contributed by atoms with Crippen LogP contribution < -0.4 is 9.62 Å². The molecule has 0 aromatic heterocycles. The molecule has 0 radical (unpaired) electrons. The monoisotopic (exact) mass is 705 g/mol. The van der Waals surface area contributed by atoms with Crippen molar-refractivity contribution in [1.82, 2.24) is 10.2 Å². The number of nitrogens with zero attached hydrogens (tertiary/aromatic N) is 2. The van der Waals surface area contributed by atoms with Gasteiger partial charge in [0, 0.05) is 23.5 Å². The van der Waals surface area contributed by atoms with Crippen molar-refractivity contribution in [2.75, 3.05) is 10.8 Å². The molecule has 7 nitrogen and oxygen atoms in total. The summed E-state index contributed by atoms with van der Waals surface area (Å²) in [6.45, 7) is -0.573. The number of benzene rings is 4. The highest BCUT2D eigenvalue weighted by Gasteiger charge is 2.35. The summed E-state index contributed by atoms with van der Waals surface area (Å²) in [5.74, 6) is -1.29. The van der Waals surface area contributed by atoms with Crippen LogP contribution in [0.4, 0.5) is 10.1 Å². The highest BCUT2D eigenvalue weighted by atomic mass is 79.9. The standard InChI is InChI=1S/C36H37BrFN3O4S/c37-29-18-22-32(23-19-29)41(46(44,45)33-14-8-3-9-15-33)26-35(42)40(25-28-16-20-30(38)21-17-28)34(24-27-10-4-1-5-11-27)36(43)39-31-12-6-2-7-13-31/h1,3-5,8-11,14-23,31,34H,2,6-7,12-13,24-26H2,(H,39,43)/t34-/m1/s1. The van der Waals surface area contributed by atoms with E-state index in [0.717, 1.165) is 46.4 Å². The number of rotatable bonds is 12. The Hall–Kier alpha value is -4.02. The SMILES string of the molecule is O=C(NC1CCCCC1)[C@@H](Cc1ccccc1)N(Cc1ccc(F)cc1)C(=O)CN(c1ccc(Br)cc1)S(=O)(=O)c1ccccc1. The van der Waals surface area contributed by atoms with Gasteiger partial charge >= 0.3 is 0 Å². The van der Waals surface area contributed by atoms with E-state index in [-0.39, 0.29) is 29.8 Å². The first-order valence-electron chi connectivity index (χ1n) is 15.4. The third-order valence-corrected chi connectivity index (χ3v) is 10.5. The highest BCUT2D eigenvalue weighted by Crippen LogP contribution is 2.27. The first kappa shape index (κ1) is 33.3. The molecule has 0 spiro atoms. The van der Waals surface area contributed by atoms with E-state index >= 15 is 0 Å². The van der Waals surface area contributed by atoms with E-state index in [4.69, 9.17) is 0 Å². The molecule has 1 aliphatic carbocycles. The fraction of sp³-hybridized carbons (Fsp3) is 0.278. The van der Waals surface area contributed by atoms with E-state index in [0.29, 0.717) is 11.3 Å². The van der Waals surface area contributed by atoms with Crippen LogP contribution in [0.2, 0.25) is 0 Å². The van der Waals surface area contributed by atoms with Crippen molar-refractivity contribution in [3.05, 3.63) is 131 Å². The minimum Gasteiger partial charge on any atom is -0.352 e. The molecule has 5 rings (SSSR count). The Kier molecular flexibility index (Phi) is 11.2. The molecule has 2 amide bonds. The van der Waals surface area contributed by atoms with Crippen LogP contribution >= 0.6 is 15.9 Å². The van der Waals surface area contributed by atoms with Gasteiger partial charge in [-0.05, 0) is 72.5 Å². The summed E-state index contributed by atoms with van der Waals surface area (Å²) in [4.78, 5) is 30.1. The van der Waals surface area contributed by atoms with Gasteiger partial charge in [-0.1, -0.05) is 95.9 Å². The maximum Gasteiger partial charge on any atom is 0.264 e. The van der Waals surface area contributed by atoms with Crippen molar-refractivity contribution in [2.45, 2.75) is 62.0 Å². The van der Waals surface area contributed by atoms with Gasteiger partial charge in [-0.2, -0.15) is 0 Å². The molecule has 0 heterocycles. The van der Waals surface area contributed by atoms with E-state index in [1.54, 1.807) is 54.6 Å². The van der Waals surface area contributed by atoms with Crippen LogP contribution in [-0.2, 0) is 32.6 Å². The van der Waals surface area contributed by atoms with Crippen molar-refractivity contribution in [2.24, 2.45) is 0 Å². The van der Waals surface area contributed by atoms with E-state index in [1.807, 2.05) is 30.3 Å². The average molecular weight is 707 g/mol. The Labute approximate surface area is 278 Å². The average Bonchev–Trinajstić information content (AvgIpc) is 3.07. The van der Waals surface area contributed by atoms with Crippen LogP contribution in [0.3, 0.4) is 0 Å². The zero-order chi connectivity index (χ0) is 32.5. The first-order valence-corrected chi connectivity index (χ1v) is 17.7. The second-order valence-electron chi connectivity index (χ2n) is 11.5. The van der Waals surface area contributed by atoms with Crippen LogP contribution in [0, 0.1) is 5.82 Å². The second-order valence-corrected chi connectivity index (χ2v) is 14.3. The summed E-state index contributed by atoms with van der Waals surface area (Å²) in [6.07, 6.45) is 5.11. The molecule has 0 saturated heterocycles. The smallest absolute Gasteiger partial charge is 0.264 e. The van der Waals surface area contributed by atoms with Gasteiger partial charge < -0.3 is 10.2 Å². The molecule has 1 N–H and O–H groups in total. The molecule has 10 heteroatoms. The predicted molar refractivity (Wildman–Crippen MR) is 181 cm³/mol. The number of hydrogen-bond donors (Lipinski definition) is 1. The Morgan fingerprint density at radius 1 is 0.804 bits per heavy atom. The Morgan fingerprint density at radius 2 is 1.41 bits per heavy atom. The quantitative estimate of drug-likeness (QED) is 0.174. The number of carbonyl (C=O) groups excluding carboxylic acids is 2. The Bertz CT molecular complexity index is 1700. The molecule has 46 heavy (non-hydrogen) atoms. The van der Waals surface area contributed by atoms with Gasteiger partial charge in [-0.3, -0.25) is 13.9 Å². The predicted octanol–water partition coefficient (Wildman–Crippen LogP) is 6.87. The molecule has 1 saturated carbocycles. The summed E-state index contributed by atoms with van der Waals surface area (Å²) >= 11 is 3.40. The number of carbonyl (C=O) groups is 2. The van der Waals surface area contributed by atoms with E-state index in [2.05, 4.69) is 21.2 Å². The van der Waals surface area contributed by atoms with Crippen molar-refractivity contribution >= 4 is 43.5 Å². The number of amides is 2. The van der Waals surface area contributed by atoms with E-state index < -0.39 is 34.3 Å². The second kappa shape index (κ2) is 15.5. The molecular weight excluding hydrogens is 669 g/mol. The summed E-state index contributed by atoms with van der Waals surface area (Å²) in [7, 11) is -4.18. The lowest BCUT2D eigenvalue weighted by atomic mass is 9.94. The zero-order valence-corrected chi connectivity index (χ0v) is 27.8. The minimum atomic E-state index is -4.18. The lowest BCUT2D eigenvalue weighted by molar-refractivity contribution is -0.140. The van der Waals surface area contributed by atoms with Gasteiger partial charge in [0.2, 0.25) is 11.8 Å². The maximum atomic E-state index is 14.5. The molecule has 0 unspecified atom stereocenters. The molecule has 4 aromatic rings. The third kappa shape index (κ3) is 8.61. The topological polar surface area (TPSA) is 86.8 Å². The molecular formula is C36H37BrFN3O4S. The van der Waals surface area contributed by atoms with Crippen LogP contribution in [0.1, 0.15) is 43.2 Å². The van der Waals surface area contributed by atoms with Crippen molar-refractivity contribution in [1.29, 1.82) is 0 Å². The number of halogens is 2. The van der Waals surface area contributed by atoms with Crippen LogP contribution in [0.5, 0.6) is 0 Å². The number of anilines is 1. The fourth-order valence-electron chi connectivity index (χ4n) is 5.74. The van der Waals surface area contributed by atoms with Crippen LogP contribution in [-0.4, -0.2) is 43.8 Å². The molecule has 1 aliphatic rings. The van der Waals surface area contributed by atoms with Gasteiger partial charge in [-0.15, -0.1) is 0 Å². The van der Waals surface area contributed by atoms with Crippen molar-refractivity contribution in [3.63, 3.8) is 0 Å². The lowest BCUT2D eigenvalue weighted by Gasteiger charge is -2.35. The highest BCUT2D eigenvalue weighted by molar-refractivity contribution is 9.10. The lowest BCUT2D eigenvalue weighted by Crippen LogP contribution is -2.55. The van der Waals surface area contributed by atoms with Gasteiger partial charge in [0.1, 0.15) is 18.4 Å². The molecule has 0 bridgehead atoms. The molecule has 1 fully saturated rings. The number of hydrogen-bond acceptors (Lipinski definition) is 4. The maximum absolute atomic E-state index is 14.5. The van der Waals surface area contributed by atoms with E-state index in [9.17, 15) is 22.4 Å². The van der Waals surface area contributed by atoms with Crippen LogP contribution in [0.15, 0.2) is 119 Å². The number of nitrogens with one attached hydrogen (secondary N) is 1. The minimum absolute atomic E-state index is 0.0000175. The molecule has 0 aliphatic heterocycles. The Balaban J connectivity index is 1.55. The Morgan fingerprint density at radius 3 is 2.04 bits per heavy atom. The van der Waals surface area contributed by atoms with Gasteiger partial charge in [-0.25, -0.2) is 12.8 Å². The zero-order valence-electron chi connectivity index (χ0n) is 25.4. The summed E-state index contributed by atoms with van der Waals surface area (Å²) < 4.78 is 43.8. The van der Waals surface area contributed by atoms with Crippen molar-refractivity contribution < 1.29 is 22.4 Å². The van der Waals surface area contributed by atoms with Crippen LogP contribution in [0.25, 0.3) is 0 Å². The summed E-state index contributed by atoms with van der Waals surface area (Å²) in [5, 5.41) is 3.19. The van der Waals surface area contributed by atoms with Gasteiger partial charge in [0.15, 0.2) is 0 Å². The number of sulfonamides is 1. The molecule has 4 aromatic carbocycles. The fourth-order valence-corrected chi connectivity index (χ4v) is 7.44. The van der Waals surface area contributed by atoms with Gasteiger partial charge in [0.25, 0.3) is 10.0 Å². The molecule has 240 valence electrons. The molecule has 1 atom stereocenters. The normalized spacial score (nSPS) is 14.3. The van der Waals surface area contributed by atoms with Gasteiger partial charge in [0.05, 0.1) is 10.6 Å².